The molecule has 0 atom stereocenters. The first-order chi connectivity index (χ1) is 13.7. The zero-order chi connectivity index (χ0) is 21.3. The Hall–Kier alpha value is -3.43. The monoisotopic (exact) mass is 432 g/mol. The van der Waals surface area contributed by atoms with Gasteiger partial charge in [-0.2, -0.15) is 0 Å². The highest BCUT2D eigenvalue weighted by Crippen LogP contribution is 2.36. The van der Waals surface area contributed by atoms with E-state index in [0.29, 0.717) is 5.56 Å². The van der Waals surface area contributed by atoms with Crippen molar-refractivity contribution in [1.82, 2.24) is 5.32 Å². The van der Waals surface area contributed by atoms with E-state index in [1.807, 2.05) is 0 Å². The number of carbonyl (C=O) groups excluding carboxylic acids is 2. The maximum atomic E-state index is 13.0. The second-order valence-corrected chi connectivity index (χ2v) is 6.66. The standard InChI is InChI=1S/C19H13ClN2O6S/c1-28-14-7-9(6-13(20)15(14)23)5-12-16(24)21-19(29)22(17(12)25)11-4-2-3-10(8-11)18(26)27/h2-8,23H,1H3,(H,26,27)(H,21,24,29). The van der Waals surface area contributed by atoms with Crippen molar-refractivity contribution in [2.24, 2.45) is 0 Å². The summed E-state index contributed by atoms with van der Waals surface area (Å²) in [7, 11) is 1.33. The molecule has 1 fully saturated rings. The lowest BCUT2D eigenvalue weighted by Gasteiger charge is -2.29. The summed E-state index contributed by atoms with van der Waals surface area (Å²) in [5, 5.41) is 21.2. The molecule has 0 unspecified atom stereocenters. The number of amides is 2. The summed E-state index contributed by atoms with van der Waals surface area (Å²) in [5.41, 5.74) is 0.209. The molecule has 0 spiro atoms. The number of hydrogen-bond acceptors (Lipinski definition) is 6. The number of nitrogens with zero attached hydrogens (tertiary/aromatic N) is 1. The zero-order valence-electron chi connectivity index (χ0n) is 14.8. The molecule has 0 aromatic heterocycles. The summed E-state index contributed by atoms with van der Waals surface area (Å²) in [4.78, 5) is 37.6. The van der Waals surface area contributed by atoms with Crippen molar-refractivity contribution in [3.63, 3.8) is 0 Å². The smallest absolute Gasteiger partial charge is 0.335 e. The maximum Gasteiger partial charge on any atom is 0.335 e. The van der Waals surface area contributed by atoms with Gasteiger partial charge in [0.2, 0.25) is 0 Å². The van der Waals surface area contributed by atoms with E-state index in [4.69, 9.17) is 33.7 Å². The number of nitrogens with one attached hydrogen (secondary N) is 1. The van der Waals surface area contributed by atoms with E-state index in [0.717, 1.165) is 4.90 Å². The van der Waals surface area contributed by atoms with Crippen LogP contribution in [0.3, 0.4) is 0 Å². The molecule has 0 radical (unpaired) electrons. The summed E-state index contributed by atoms with van der Waals surface area (Å²) >= 11 is 11.0. The Morgan fingerprint density at radius 3 is 2.66 bits per heavy atom. The first kappa shape index (κ1) is 20.3. The van der Waals surface area contributed by atoms with Gasteiger partial charge in [0.1, 0.15) is 5.57 Å². The molecule has 2 amide bonds. The van der Waals surface area contributed by atoms with Crippen LogP contribution in [0.15, 0.2) is 42.0 Å². The molecule has 1 heterocycles. The number of benzene rings is 2. The van der Waals surface area contributed by atoms with Crippen molar-refractivity contribution in [2.45, 2.75) is 0 Å². The van der Waals surface area contributed by atoms with E-state index in [1.54, 1.807) is 0 Å². The van der Waals surface area contributed by atoms with Crippen LogP contribution in [0, 0.1) is 0 Å². The molecule has 3 N–H and O–H groups in total. The number of carboxylic acid groups (broad SMARTS) is 1. The van der Waals surface area contributed by atoms with Gasteiger partial charge in [-0.25, -0.2) is 4.79 Å². The van der Waals surface area contributed by atoms with E-state index in [1.165, 1.54) is 49.6 Å². The molecule has 148 valence electrons. The molecular formula is C19H13ClN2O6S. The number of hydrogen-bond donors (Lipinski definition) is 3. The second-order valence-electron chi connectivity index (χ2n) is 5.87. The number of halogens is 1. The van der Waals surface area contributed by atoms with Gasteiger partial charge >= 0.3 is 5.97 Å². The van der Waals surface area contributed by atoms with Gasteiger partial charge in [-0.05, 0) is 54.2 Å². The fraction of sp³-hybridized carbons (Fsp3) is 0.0526. The van der Waals surface area contributed by atoms with Gasteiger partial charge in [0.15, 0.2) is 16.6 Å². The van der Waals surface area contributed by atoms with E-state index in [9.17, 15) is 19.5 Å². The summed E-state index contributed by atoms with van der Waals surface area (Å²) in [6.45, 7) is 0. The fourth-order valence-corrected chi connectivity index (χ4v) is 3.17. The molecule has 0 bridgehead atoms. The van der Waals surface area contributed by atoms with Crippen molar-refractivity contribution in [3.05, 3.63) is 58.1 Å². The van der Waals surface area contributed by atoms with Crippen LogP contribution >= 0.6 is 23.8 Å². The molecule has 3 rings (SSSR count). The number of phenolic OH excluding ortho intramolecular Hbond substituents is 1. The topological polar surface area (TPSA) is 116 Å². The van der Waals surface area contributed by atoms with E-state index in [2.05, 4.69) is 5.32 Å². The quantitative estimate of drug-likeness (QED) is 0.386. The lowest BCUT2D eigenvalue weighted by Crippen LogP contribution is -2.54. The van der Waals surface area contributed by atoms with Crippen LogP contribution in [0.4, 0.5) is 5.69 Å². The van der Waals surface area contributed by atoms with Gasteiger partial charge in [0, 0.05) is 0 Å². The summed E-state index contributed by atoms with van der Waals surface area (Å²) in [6, 6.07) is 8.34. The Kier molecular flexibility index (Phi) is 5.53. The highest BCUT2D eigenvalue weighted by Gasteiger charge is 2.34. The highest BCUT2D eigenvalue weighted by molar-refractivity contribution is 7.80. The third kappa shape index (κ3) is 3.91. The summed E-state index contributed by atoms with van der Waals surface area (Å²) in [6.07, 6.45) is 1.27. The number of carbonyl (C=O) groups is 3. The molecule has 2 aromatic carbocycles. The van der Waals surface area contributed by atoms with Crippen molar-refractivity contribution < 1.29 is 29.3 Å². The third-order valence-electron chi connectivity index (χ3n) is 4.03. The predicted octanol–water partition coefficient (Wildman–Crippen LogP) is 2.58. The van der Waals surface area contributed by atoms with Crippen molar-refractivity contribution in [2.75, 3.05) is 12.0 Å². The normalized spacial score (nSPS) is 15.4. The van der Waals surface area contributed by atoms with Gasteiger partial charge in [0.25, 0.3) is 11.8 Å². The Balaban J connectivity index is 2.06. The predicted molar refractivity (Wildman–Crippen MR) is 109 cm³/mol. The molecule has 0 aliphatic carbocycles. The number of carboxylic acids is 1. The van der Waals surface area contributed by atoms with Crippen LogP contribution in [-0.4, -0.2) is 40.2 Å². The molecular weight excluding hydrogens is 420 g/mol. The molecule has 8 nitrogen and oxygen atoms in total. The molecule has 1 saturated heterocycles. The fourth-order valence-electron chi connectivity index (χ4n) is 2.67. The van der Waals surface area contributed by atoms with E-state index in [-0.39, 0.29) is 38.5 Å². The Morgan fingerprint density at radius 1 is 1.28 bits per heavy atom. The number of methoxy groups -OCH3 is 1. The number of thiocarbonyl (C=S) groups is 1. The lowest BCUT2D eigenvalue weighted by atomic mass is 10.1. The zero-order valence-corrected chi connectivity index (χ0v) is 16.4. The average Bonchev–Trinajstić information content (AvgIpc) is 2.67. The molecule has 1 aliphatic rings. The number of phenols is 1. The molecule has 10 heteroatoms. The van der Waals surface area contributed by atoms with Crippen LogP contribution in [0.25, 0.3) is 6.08 Å². The average molecular weight is 433 g/mol. The number of aromatic hydroxyl groups is 1. The molecule has 29 heavy (non-hydrogen) atoms. The molecule has 1 aliphatic heterocycles. The van der Waals surface area contributed by atoms with Crippen molar-refractivity contribution in [3.8, 4) is 11.5 Å². The number of anilines is 1. The number of rotatable bonds is 4. The number of ether oxygens (including phenoxy) is 1. The van der Waals surface area contributed by atoms with Crippen LogP contribution in [0.2, 0.25) is 5.02 Å². The van der Waals surface area contributed by atoms with Crippen molar-refractivity contribution in [1.29, 1.82) is 0 Å². The Labute approximate surface area is 175 Å². The Morgan fingerprint density at radius 2 is 2.00 bits per heavy atom. The van der Waals surface area contributed by atoms with Crippen molar-refractivity contribution >= 4 is 58.5 Å². The van der Waals surface area contributed by atoms with Crippen LogP contribution in [0.1, 0.15) is 15.9 Å². The van der Waals surface area contributed by atoms with Gasteiger partial charge in [-0.15, -0.1) is 0 Å². The summed E-state index contributed by atoms with van der Waals surface area (Å²) in [5.74, 6) is -2.86. The van der Waals surface area contributed by atoms with Crippen LogP contribution in [-0.2, 0) is 9.59 Å². The van der Waals surface area contributed by atoms with Gasteiger partial charge in [-0.3, -0.25) is 19.8 Å². The van der Waals surface area contributed by atoms with Gasteiger partial charge in [0.05, 0.1) is 23.4 Å². The molecule has 0 saturated carbocycles. The van der Waals surface area contributed by atoms with E-state index < -0.39 is 17.8 Å². The highest BCUT2D eigenvalue weighted by atomic mass is 35.5. The maximum absolute atomic E-state index is 13.0. The minimum atomic E-state index is -1.17. The minimum absolute atomic E-state index is 0.0265. The minimum Gasteiger partial charge on any atom is -0.503 e. The first-order valence-corrected chi connectivity index (χ1v) is 8.83. The van der Waals surface area contributed by atoms with E-state index >= 15 is 0 Å². The van der Waals surface area contributed by atoms with Gasteiger partial charge < -0.3 is 14.9 Å². The van der Waals surface area contributed by atoms with Crippen LogP contribution < -0.4 is 15.0 Å². The largest absolute Gasteiger partial charge is 0.503 e. The molecule has 2 aromatic rings. The first-order valence-electron chi connectivity index (χ1n) is 8.04. The van der Waals surface area contributed by atoms with Crippen LogP contribution in [0.5, 0.6) is 11.5 Å². The van der Waals surface area contributed by atoms with Gasteiger partial charge in [-0.1, -0.05) is 17.7 Å². The Bertz CT molecular complexity index is 1100. The summed E-state index contributed by atoms with van der Waals surface area (Å²) < 4.78 is 5.02. The number of aromatic carboxylic acids is 1. The second kappa shape index (κ2) is 7.90. The lowest BCUT2D eigenvalue weighted by molar-refractivity contribution is -0.122. The third-order valence-corrected chi connectivity index (χ3v) is 4.61. The SMILES string of the molecule is COc1cc(C=C2C(=O)NC(=S)N(c3cccc(C(=O)O)c3)C2=O)cc(Cl)c1O.